The van der Waals surface area contributed by atoms with Crippen molar-refractivity contribution in [3.8, 4) is 0 Å². The first kappa shape index (κ1) is 16.0. The van der Waals surface area contributed by atoms with Crippen LogP contribution in [-0.4, -0.2) is 29.7 Å². The van der Waals surface area contributed by atoms with Crippen LogP contribution in [0.5, 0.6) is 0 Å². The number of nitrogens with one attached hydrogen (secondary N) is 2. The first-order valence-electron chi connectivity index (χ1n) is 6.47. The maximum Gasteiger partial charge on any atom is 0.312 e. The summed E-state index contributed by atoms with van der Waals surface area (Å²) >= 11 is 0. The van der Waals surface area contributed by atoms with Gasteiger partial charge in [-0.1, -0.05) is 44.2 Å². The van der Waals surface area contributed by atoms with Gasteiger partial charge in [0.05, 0.1) is 12.6 Å². The quantitative estimate of drug-likeness (QED) is 0.610. The fourth-order valence-electron chi connectivity index (χ4n) is 1.87. The smallest absolute Gasteiger partial charge is 0.312 e. The van der Waals surface area contributed by atoms with Gasteiger partial charge >= 0.3 is 6.03 Å². The van der Waals surface area contributed by atoms with Crippen LogP contribution in [0, 0.1) is 5.92 Å². The van der Waals surface area contributed by atoms with E-state index in [-0.39, 0.29) is 18.4 Å². The number of hydrogen-bond donors (Lipinski definition) is 4. The molecule has 1 aromatic carbocycles. The van der Waals surface area contributed by atoms with Gasteiger partial charge in [-0.25, -0.2) is 4.79 Å². The van der Waals surface area contributed by atoms with E-state index < -0.39 is 18.1 Å². The molecule has 2 atom stereocenters. The van der Waals surface area contributed by atoms with Crippen LogP contribution in [-0.2, 0) is 4.79 Å². The summed E-state index contributed by atoms with van der Waals surface area (Å²) in [4.78, 5) is 23.1. The molecule has 0 aliphatic carbocycles. The SMILES string of the molecule is CC(C)C(NC(N)=O)C(=O)N[C@H](CO)c1ccccc1. The molecule has 1 rings (SSSR count). The lowest BCUT2D eigenvalue weighted by atomic mass is 10.0. The number of rotatable bonds is 6. The molecule has 6 heteroatoms. The predicted molar refractivity (Wildman–Crippen MR) is 75.8 cm³/mol. The Bertz CT molecular complexity index is 448. The van der Waals surface area contributed by atoms with Crippen molar-refractivity contribution in [2.24, 2.45) is 11.7 Å². The highest BCUT2D eigenvalue weighted by Gasteiger charge is 2.25. The van der Waals surface area contributed by atoms with Crippen molar-refractivity contribution in [1.82, 2.24) is 10.6 Å². The fraction of sp³-hybridized carbons (Fsp3) is 0.429. The summed E-state index contributed by atoms with van der Waals surface area (Å²) in [5.41, 5.74) is 5.86. The molecule has 0 radical (unpaired) electrons. The van der Waals surface area contributed by atoms with Crippen molar-refractivity contribution < 1.29 is 14.7 Å². The van der Waals surface area contributed by atoms with E-state index in [4.69, 9.17) is 5.73 Å². The summed E-state index contributed by atoms with van der Waals surface area (Å²) < 4.78 is 0. The molecule has 20 heavy (non-hydrogen) atoms. The van der Waals surface area contributed by atoms with E-state index in [2.05, 4.69) is 10.6 Å². The zero-order valence-corrected chi connectivity index (χ0v) is 11.7. The average Bonchev–Trinajstić information content (AvgIpc) is 2.42. The van der Waals surface area contributed by atoms with Crippen LogP contribution >= 0.6 is 0 Å². The van der Waals surface area contributed by atoms with Crippen LogP contribution in [0.4, 0.5) is 4.79 Å². The molecule has 3 amide bonds. The number of carbonyl (C=O) groups excluding carboxylic acids is 2. The Kier molecular flexibility index (Phi) is 5.99. The lowest BCUT2D eigenvalue weighted by Crippen LogP contribution is -2.52. The van der Waals surface area contributed by atoms with Crippen LogP contribution in [0.3, 0.4) is 0 Å². The topological polar surface area (TPSA) is 104 Å². The molecule has 0 aromatic heterocycles. The van der Waals surface area contributed by atoms with Gasteiger partial charge in [0.1, 0.15) is 6.04 Å². The van der Waals surface area contributed by atoms with Gasteiger partial charge in [0.15, 0.2) is 0 Å². The molecular weight excluding hydrogens is 258 g/mol. The van der Waals surface area contributed by atoms with E-state index in [1.165, 1.54) is 0 Å². The third-order valence-electron chi connectivity index (χ3n) is 2.95. The lowest BCUT2D eigenvalue weighted by Gasteiger charge is -2.24. The molecule has 6 nitrogen and oxygen atoms in total. The summed E-state index contributed by atoms with van der Waals surface area (Å²) in [5, 5.41) is 14.5. The Hall–Kier alpha value is -2.08. The third kappa shape index (κ3) is 4.55. The normalized spacial score (nSPS) is 13.6. The second-order valence-electron chi connectivity index (χ2n) is 4.88. The summed E-state index contributed by atoms with van der Waals surface area (Å²) in [6.45, 7) is 3.38. The zero-order valence-electron chi connectivity index (χ0n) is 11.7. The van der Waals surface area contributed by atoms with Crippen LogP contribution in [0.2, 0.25) is 0 Å². The average molecular weight is 279 g/mol. The largest absolute Gasteiger partial charge is 0.394 e. The molecule has 0 aliphatic rings. The van der Waals surface area contributed by atoms with Crippen LogP contribution in [0.25, 0.3) is 0 Å². The highest BCUT2D eigenvalue weighted by molar-refractivity contribution is 5.87. The maximum absolute atomic E-state index is 12.2. The van der Waals surface area contributed by atoms with Crippen LogP contribution in [0.15, 0.2) is 30.3 Å². The van der Waals surface area contributed by atoms with E-state index in [1.807, 2.05) is 30.3 Å². The monoisotopic (exact) mass is 279 g/mol. The Morgan fingerprint density at radius 2 is 1.80 bits per heavy atom. The standard InChI is InChI=1S/C14H21N3O3/c1-9(2)12(17-14(15)20)13(19)16-11(8-18)10-6-4-3-5-7-10/h3-7,9,11-12,18H,8H2,1-2H3,(H,16,19)(H3,15,17,20)/t11-,12?/m1/s1. The fourth-order valence-corrected chi connectivity index (χ4v) is 1.87. The number of primary amides is 1. The summed E-state index contributed by atoms with van der Waals surface area (Å²) in [6, 6.07) is 7.13. The van der Waals surface area contributed by atoms with Gasteiger partial charge in [-0.05, 0) is 11.5 Å². The van der Waals surface area contributed by atoms with E-state index >= 15 is 0 Å². The lowest BCUT2D eigenvalue weighted by molar-refractivity contribution is -0.125. The van der Waals surface area contributed by atoms with Gasteiger partial charge < -0.3 is 21.5 Å². The highest BCUT2D eigenvalue weighted by Crippen LogP contribution is 2.12. The Balaban J connectivity index is 2.77. The number of carbonyl (C=O) groups is 2. The number of aliphatic hydroxyl groups is 1. The molecule has 5 N–H and O–H groups in total. The highest BCUT2D eigenvalue weighted by atomic mass is 16.3. The van der Waals surface area contributed by atoms with Gasteiger partial charge in [0.2, 0.25) is 5.91 Å². The third-order valence-corrected chi connectivity index (χ3v) is 2.95. The van der Waals surface area contributed by atoms with E-state index in [1.54, 1.807) is 13.8 Å². The maximum atomic E-state index is 12.2. The molecule has 1 unspecified atom stereocenters. The zero-order chi connectivity index (χ0) is 15.1. The van der Waals surface area contributed by atoms with Crippen molar-refractivity contribution in [1.29, 1.82) is 0 Å². The van der Waals surface area contributed by atoms with Gasteiger partial charge in [-0.15, -0.1) is 0 Å². The van der Waals surface area contributed by atoms with Gasteiger partial charge in [0, 0.05) is 0 Å². The summed E-state index contributed by atoms with van der Waals surface area (Å²) in [5.74, 6) is -0.487. The predicted octanol–water partition coefficient (Wildman–Crippen LogP) is 0.529. The van der Waals surface area contributed by atoms with Crippen LogP contribution in [0.1, 0.15) is 25.5 Å². The molecule has 0 saturated carbocycles. The number of hydrogen-bond acceptors (Lipinski definition) is 3. The molecule has 0 saturated heterocycles. The molecule has 0 fully saturated rings. The molecule has 1 aromatic rings. The van der Waals surface area contributed by atoms with Gasteiger partial charge in [-0.3, -0.25) is 4.79 Å². The first-order valence-corrected chi connectivity index (χ1v) is 6.47. The second-order valence-corrected chi connectivity index (χ2v) is 4.88. The Morgan fingerprint density at radius 3 is 2.25 bits per heavy atom. The Morgan fingerprint density at radius 1 is 1.20 bits per heavy atom. The van der Waals surface area contributed by atoms with Gasteiger partial charge in [0.25, 0.3) is 0 Å². The molecular formula is C14H21N3O3. The Labute approximate surface area is 118 Å². The molecule has 0 spiro atoms. The minimum atomic E-state index is -0.751. The second kappa shape index (κ2) is 7.49. The number of aliphatic hydroxyl groups excluding tert-OH is 1. The molecule has 0 bridgehead atoms. The van der Waals surface area contributed by atoms with Crippen molar-refractivity contribution in [3.05, 3.63) is 35.9 Å². The molecule has 0 aliphatic heterocycles. The summed E-state index contributed by atoms with van der Waals surface area (Å²) in [6.07, 6.45) is 0. The van der Waals surface area contributed by atoms with Crippen molar-refractivity contribution >= 4 is 11.9 Å². The number of benzene rings is 1. The first-order chi connectivity index (χ1) is 9.45. The number of amides is 3. The van der Waals surface area contributed by atoms with Gasteiger partial charge in [-0.2, -0.15) is 0 Å². The summed E-state index contributed by atoms with van der Waals surface area (Å²) in [7, 11) is 0. The van der Waals surface area contributed by atoms with E-state index in [0.717, 1.165) is 5.56 Å². The van der Waals surface area contributed by atoms with Crippen molar-refractivity contribution in [2.75, 3.05) is 6.61 Å². The minimum absolute atomic E-state index is 0.113. The molecule has 110 valence electrons. The van der Waals surface area contributed by atoms with E-state index in [0.29, 0.717) is 0 Å². The van der Waals surface area contributed by atoms with E-state index in [9.17, 15) is 14.7 Å². The molecule has 0 heterocycles. The van der Waals surface area contributed by atoms with Crippen molar-refractivity contribution in [2.45, 2.75) is 25.9 Å². The van der Waals surface area contributed by atoms with Crippen LogP contribution < -0.4 is 16.4 Å². The number of nitrogens with two attached hydrogens (primary N) is 1. The number of urea groups is 1. The minimum Gasteiger partial charge on any atom is -0.394 e. The van der Waals surface area contributed by atoms with Crippen molar-refractivity contribution in [3.63, 3.8) is 0 Å².